The second-order valence-corrected chi connectivity index (χ2v) is 9.57. The van der Waals surface area contributed by atoms with Crippen molar-refractivity contribution in [1.29, 1.82) is 0 Å². The number of nitrogens with one attached hydrogen (secondary N) is 1. The molecule has 4 aromatic heterocycles. The highest BCUT2D eigenvalue weighted by atomic mass is 32.1. The van der Waals surface area contributed by atoms with Gasteiger partial charge in [-0.1, -0.05) is 6.07 Å². The average molecular weight is 475 g/mol. The lowest BCUT2D eigenvalue weighted by atomic mass is 9.95. The number of fused-ring (bicyclic) bond motifs is 2. The first kappa shape index (κ1) is 20.9. The first-order valence-electron chi connectivity index (χ1n) is 10.9. The fraction of sp³-hybridized carbons (Fsp3) is 0.304. The van der Waals surface area contributed by atoms with Crippen molar-refractivity contribution in [3.8, 4) is 10.7 Å². The fourth-order valence-corrected chi connectivity index (χ4v) is 5.59. The zero-order valence-corrected chi connectivity index (χ0v) is 19.8. The van der Waals surface area contributed by atoms with Crippen molar-refractivity contribution in [2.24, 2.45) is 7.05 Å². The van der Waals surface area contributed by atoms with Crippen LogP contribution in [-0.2, 0) is 23.9 Å². The highest BCUT2D eigenvalue weighted by Gasteiger charge is 2.57. The van der Waals surface area contributed by atoms with Crippen molar-refractivity contribution >= 4 is 29.0 Å². The van der Waals surface area contributed by atoms with E-state index in [1.807, 2.05) is 50.1 Å². The molecule has 2 aliphatic rings. The van der Waals surface area contributed by atoms with Crippen LogP contribution in [0.5, 0.6) is 0 Å². The number of carbonyl (C=O) groups is 1. The molecular weight excluding hydrogens is 452 g/mol. The fourth-order valence-electron chi connectivity index (χ4n) is 4.31. The Kier molecular flexibility index (Phi) is 4.71. The Balaban J connectivity index is 1.34. The van der Waals surface area contributed by atoms with Crippen molar-refractivity contribution in [2.45, 2.75) is 25.9 Å². The van der Waals surface area contributed by atoms with Gasteiger partial charge in [0.05, 0.1) is 36.5 Å². The number of aryl methyl sites for hydroxylation is 3. The highest BCUT2D eigenvalue weighted by Crippen LogP contribution is 2.49. The van der Waals surface area contributed by atoms with Crippen LogP contribution < -0.4 is 5.32 Å². The molecule has 1 fully saturated rings. The van der Waals surface area contributed by atoms with Gasteiger partial charge in [-0.05, 0) is 31.5 Å². The molecule has 0 aliphatic carbocycles. The quantitative estimate of drug-likeness (QED) is 0.470. The number of ether oxygens (including phenoxy) is 1. The average Bonchev–Trinajstić information content (AvgIpc) is 3.45. The van der Waals surface area contributed by atoms with E-state index in [2.05, 4.69) is 20.4 Å². The van der Waals surface area contributed by atoms with Crippen molar-refractivity contribution < 1.29 is 9.53 Å². The Morgan fingerprint density at radius 2 is 2.00 bits per heavy atom. The summed E-state index contributed by atoms with van der Waals surface area (Å²) in [4.78, 5) is 34.7. The molecule has 0 unspecified atom stereocenters. The summed E-state index contributed by atoms with van der Waals surface area (Å²) < 4.78 is 7.31. The van der Waals surface area contributed by atoms with E-state index in [4.69, 9.17) is 14.7 Å². The maximum Gasteiger partial charge on any atom is 0.275 e. The number of rotatable bonds is 5. The van der Waals surface area contributed by atoms with Crippen LogP contribution in [0.3, 0.4) is 0 Å². The van der Waals surface area contributed by atoms with Gasteiger partial charge in [0.1, 0.15) is 27.8 Å². The van der Waals surface area contributed by atoms with Gasteiger partial charge in [-0.15, -0.1) is 11.3 Å². The molecule has 1 N–H and O–H groups in total. The number of carbonyl (C=O) groups excluding carboxylic acids is 1. The largest absolute Gasteiger partial charge is 0.376 e. The van der Waals surface area contributed by atoms with E-state index < -0.39 is 5.54 Å². The molecule has 1 amide bonds. The van der Waals surface area contributed by atoms with Gasteiger partial charge in [-0.2, -0.15) is 5.10 Å². The molecule has 0 bridgehead atoms. The summed E-state index contributed by atoms with van der Waals surface area (Å²) in [6, 6.07) is 7.70. The van der Waals surface area contributed by atoms with Crippen LogP contribution in [0.4, 0.5) is 11.8 Å². The number of pyridine rings is 1. The third kappa shape index (κ3) is 3.19. The Morgan fingerprint density at radius 3 is 2.71 bits per heavy atom. The maximum atomic E-state index is 13.5. The van der Waals surface area contributed by atoms with Crippen LogP contribution in [0.25, 0.3) is 10.7 Å². The van der Waals surface area contributed by atoms with Crippen molar-refractivity contribution in [2.75, 3.05) is 18.5 Å². The predicted octanol–water partition coefficient (Wildman–Crippen LogP) is 2.97. The van der Waals surface area contributed by atoms with Crippen LogP contribution in [0.15, 0.2) is 36.7 Å². The molecule has 2 aliphatic heterocycles. The Labute approximate surface area is 199 Å². The number of nitrogens with zero attached hydrogens (tertiary/aromatic N) is 7. The molecule has 11 heteroatoms. The van der Waals surface area contributed by atoms with E-state index in [1.54, 1.807) is 17.1 Å². The molecule has 6 rings (SSSR count). The second kappa shape index (κ2) is 7.67. The van der Waals surface area contributed by atoms with Gasteiger partial charge >= 0.3 is 0 Å². The SMILES string of the molecule is Cc1cccc(CN2C(=O)c3nc(-c4nc(Nc5ccnn5C)ncc4C)sc3C23COC3)n1. The molecular formula is C23H22N8O2S. The number of anilines is 2. The Hall–Kier alpha value is -3.70. The van der Waals surface area contributed by atoms with Crippen LogP contribution in [0, 0.1) is 13.8 Å². The molecule has 4 aromatic rings. The van der Waals surface area contributed by atoms with Gasteiger partial charge in [-0.25, -0.2) is 15.0 Å². The van der Waals surface area contributed by atoms with Crippen molar-refractivity contribution in [1.82, 2.24) is 34.6 Å². The van der Waals surface area contributed by atoms with E-state index in [9.17, 15) is 4.79 Å². The predicted molar refractivity (Wildman–Crippen MR) is 126 cm³/mol. The van der Waals surface area contributed by atoms with Gasteiger partial charge in [0.15, 0.2) is 0 Å². The van der Waals surface area contributed by atoms with E-state index in [-0.39, 0.29) is 5.91 Å². The molecule has 34 heavy (non-hydrogen) atoms. The Morgan fingerprint density at radius 1 is 1.15 bits per heavy atom. The van der Waals surface area contributed by atoms with Crippen LogP contribution in [0.2, 0.25) is 0 Å². The molecule has 1 spiro atoms. The summed E-state index contributed by atoms with van der Waals surface area (Å²) in [5.41, 5.74) is 3.35. The van der Waals surface area contributed by atoms with E-state index in [1.165, 1.54) is 11.3 Å². The molecule has 0 atom stereocenters. The van der Waals surface area contributed by atoms with E-state index in [0.29, 0.717) is 42.1 Å². The summed E-state index contributed by atoms with van der Waals surface area (Å²) >= 11 is 1.50. The molecule has 10 nitrogen and oxygen atoms in total. The van der Waals surface area contributed by atoms with Gasteiger partial charge < -0.3 is 15.0 Å². The van der Waals surface area contributed by atoms with Gasteiger partial charge in [0.2, 0.25) is 5.95 Å². The van der Waals surface area contributed by atoms with E-state index >= 15 is 0 Å². The standard InChI is InChI=1S/C23H22N8O2S/c1-13-9-24-22(27-16-7-8-25-30(16)3)29-17(13)20-28-18-19(34-20)23(11-33-12-23)31(21(18)32)10-15-6-4-5-14(2)26-15/h4-9H,10-12H2,1-3H3,(H,24,27,29). The molecule has 6 heterocycles. The zero-order valence-electron chi connectivity index (χ0n) is 18.9. The number of amides is 1. The van der Waals surface area contributed by atoms with Crippen LogP contribution in [0.1, 0.15) is 32.3 Å². The number of hydrogen-bond acceptors (Lipinski definition) is 9. The third-order valence-electron chi connectivity index (χ3n) is 6.20. The molecule has 0 aromatic carbocycles. The van der Waals surface area contributed by atoms with E-state index in [0.717, 1.165) is 27.6 Å². The summed E-state index contributed by atoms with van der Waals surface area (Å²) in [7, 11) is 1.84. The lowest BCUT2D eigenvalue weighted by Crippen LogP contribution is -2.56. The summed E-state index contributed by atoms with van der Waals surface area (Å²) in [6.45, 7) is 5.22. The summed E-state index contributed by atoms with van der Waals surface area (Å²) in [5.74, 6) is 1.13. The van der Waals surface area contributed by atoms with Crippen LogP contribution >= 0.6 is 11.3 Å². The third-order valence-corrected chi connectivity index (χ3v) is 7.45. The zero-order chi connectivity index (χ0) is 23.4. The van der Waals surface area contributed by atoms with Gasteiger partial charge in [0, 0.05) is 25.0 Å². The minimum absolute atomic E-state index is 0.0935. The number of thiazole rings is 1. The number of aromatic nitrogens is 6. The smallest absolute Gasteiger partial charge is 0.275 e. The molecule has 0 radical (unpaired) electrons. The first-order valence-corrected chi connectivity index (χ1v) is 11.7. The summed E-state index contributed by atoms with van der Waals surface area (Å²) in [5, 5.41) is 8.03. The Bertz CT molecular complexity index is 1420. The molecule has 1 saturated heterocycles. The molecule has 0 saturated carbocycles. The van der Waals surface area contributed by atoms with Crippen molar-refractivity contribution in [3.63, 3.8) is 0 Å². The van der Waals surface area contributed by atoms with Crippen molar-refractivity contribution in [3.05, 3.63) is 64.2 Å². The molecule has 172 valence electrons. The lowest BCUT2D eigenvalue weighted by molar-refractivity contribution is -0.126. The van der Waals surface area contributed by atoms with Crippen LogP contribution in [-0.4, -0.2) is 53.7 Å². The van der Waals surface area contributed by atoms with Gasteiger partial charge in [0.25, 0.3) is 5.91 Å². The lowest BCUT2D eigenvalue weighted by Gasteiger charge is -2.44. The summed E-state index contributed by atoms with van der Waals surface area (Å²) in [6.07, 6.45) is 3.46. The monoisotopic (exact) mass is 474 g/mol. The topological polar surface area (TPSA) is 111 Å². The van der Waals surface area contributed by atoms with Gasteiger partial charge in [-0.3, -0.25) is 14.5 Å². The normalized spacial score (nSPS) is 16.1. The maximum absolute atomic E-state index is 13.5. The number of hydrogen-bond donors (Lipinski definition) is 1. The minimum atomic E-state index is -0.496. The first-order chi connectivity index (χ1) is 16.4. The highest BCUT2D eigenvalue weighted by molar-refractivity contribution is 7.15. The minimum Gasteiger partial charge on any atom is -0.376 e. The second-order valence-electron chi connectivity index (χ2n) is 8.57.